The Balaban J connectivity index is 3.17. The molecule has 0 saturated heterocycles. The van der Waals surface area contributed by atoms with Gasteiger partial charge in [-0.15, -0.1) is 0 Å². The van der Waals surface area contributed by atoms with Crippen molar-refractivity contribution in [2.24, 2.45) is 16.3 Å². The van der Waals surface area contributed by atoms with Gasteiger partial charge in [0.2, 0.25) is 0 Å². The lowest BCUT2D eigenvalue weighted by Gasteiger charge is -2.23. The zero-order chi connectivity index (χ0) is 10.1. The second-order valence-electron chi connectivity index (χ2n) is 4.55. The Bertz CT molecular complexity index is 277. The molecule has 1 aliphatic heterocycles. The Kier molecular flexibility index (Phi) is 2.74. The maximum absolute atomic E-state index is 4.26. The van der Waals surface area contributed by atoms with Crippen molar-refractivity contribution in [1.82, 2.24) is 0 Å². The van der Waals surface area contributed by atoms with Gasteiger partial charge in [0, 0.05) is 17.8 Å². The summed E-state index contributed by atoms with van der Waals surface area (Å²) in [4.78, 5) is 4.26. The van der Waals surface area contributed by atoms with Crippen LogP contribution in [0.15, 0.2) is 28.4 Å². The molecule has 0 saturated carbocycles. The van der Waals surface area contributed by atoms with Crippen LogP contribution in [0.3, 0.4) is 0 Å². The highest BCUT2D eigenvalue weighted by Gasteiger charge is 2.22. The molecule has 1 nitrogen and oxygen atoms in total. The van der Waals surface area contributed by atoms with Gasteiger partial charge < -0.3 is 0 Å². The fourth-order valence-electron chi connectivity index (χ4n) is 1.57. The van der Waals surface area contributed by atoms with Gasteiger partial charge in [-0.3, -0.25) is 4.99 Å². The highest BCUT2D eigenvalue weighted by Crippen LogP contribution is 2.31. The summed E-state index contributed by atoms with van der Waals surface area (Å²) in [7, 11) is 0. The van der Waals surface area contributed by atoms with Crippen molar-refractivity contribution in [3.8, 4) is 0 Å². The summed E-state index contributed by atoms with van der Waals surface area (Å²) in [5.41, 5.74) is 2.95. The maximum atomic E-state index is 4.26. The SMILES string of the molecule is CC1=C(C(C)C)C=CN=CC1(C)C. The summed E-state index contributed by atoms with van der Waals surface area (Å²) >= 11 is 0. The molecule has 1 aliphatic rings. The van der Waals surface area contributed by atoms with Crippen molar-refractivity contribution in [3.05, 3.63) is 23.4 Å². The van der Waals surface area contributed by atoms with Gasteiger partial charge in [0.15, 0.2) is 0 Å². The summed E-state index contributed by atoms with van der Waals surface area (Å²) in [6.45, 7) is 11.1. The van der Waals surface area contributed by atoms with Gasteiger partial charge in [0.05, 0.1) is 0 Å². The molecule has 0 aromatic heterocycles. The molecular weight excluding hydrogens is 158 g/mol. The Morgan fingerprint density at radius 2 is 1.92 bits per heavy atom. The molecule has 0 aromatic carbocycles. The molecule has 0 N–H and O–H groups in total. The number of nitrogens with zero attached hydrogens (tertiary/aromatic N) is 1. The van der Waals surface area contributed by atoms with Gasteiger partial charge in [-0.2, -0.15) is 0 Å². The maximum Gasteiger partial charge on any atom is 0.0267 e. The predicted molar refractivity (Wildman–Crippen MR) is 59.0 cm³/mol. The average Bonchev–Trinajstić information content (AvgIpc) is 2.13. The van der Waals surface area contributed by atoms with Crippen LogP contribution in [0.25, 0.3) is 0 Å². The third-order valence-electron chi connectivity index (χ3n) is 2.76. The Morgan fingerprint density at radius 3 is 2.46 bits per heavy atom. The molecule has 0 aliphatic carbocycles. The molecule has 0 amide bonds. The van der Waals surface area contributed by atoms with Gasteiger partial charge in [0.25, 0.3) is 0 Å². The van der Waals surface area contributed by atoms with Gasteiger partial charge in [-0.25, -0.2) is 0 Å². The molecule has 1 rings (SSSR count). The molecule has 0 fully saturated rings. The van der Waals surface area contributed by atoms with Gasteiger partial charge in [-0.05, 0) is 24.5 Å². The highest BCUT2D eigenvalue weighted by atomic mass is 14.7. The van der Waals surface area contributed by atoms with Gasteiger partial charge in [-0.1, -0.05) is 33.3 Å². The van der Waals surface area contributed by atoms with Crippen LogP contribution >= 0.6 is 0 Å². The number of allylic oxidation sites excluding steroid dienone is 3. The minimum absolute atomic E-state index is 0.100. The highest BCUT2D eigenvalue weighted by molar-refractivity contribution is 5.71. The van der Waals surface area contributed by atoms with Crippen LogP contribution in [0.1, 0.15) is 34.6 Å². The van der Waals surface area contributed by atoms with Crippen LogP contribution in [0, 0.1) is 11.3 Å². The van der Waals surface area contributed by atoms with E-state index in [2.05, 4.69) is 45.7 Å². The third kappa shape index (κ3) is 2.09. The van der Waals surface area contributed by atoms with Crippen molar-refractivity contribution in [1.29, 1.82) is 0 Å². The van der Waals surface area contributed by atoms with E-state index in [0.717, 1.165) is 0 Å². The first-order chi connectivity index (χ1) is 5.95. The number of aliphatic imine (C=N–C) groups is 1. The van der Waals surface area contributed by atoms with E-state index in [1.165, 1.54) is 11.1 Å². The van der Waals surface area contributed by atoms with Crippen molar-refractivity contribution >= 4 is 6.21 Å². The van der Waals surface area contributed by atoms with Crippen molar-refractivity contribution in [3.63, 3.8) is 0 Å². The van der Waals surface area contributed by atoms with E-state index < -0.39 is 0 Å². The number of hydrogen-bond donors (Lipinski definition) is 0. The van der Waals surface area contributed by atoms with Crippen LogP contribution in [0.4, 0.5) is 0 Å². The molecule has 0 unspecified atom stereocenters. The van der Waals surface area contributed by atoms with E-state index in [-0.39, 0.29) is 5.41 Å². The van der Waals surface area contributed by atoms with E-state index in [9.17, 15) is 0 Å². The summed E-state index contributed by atoms with van der Waals surface area (Å²) in [5.74, 6) is 0.581. The van der Waals surface area contributed by atoms with E-state index in [4.69, 9.17) is 0 Å². The Hall–Kier alpha value is -0.850. The van der Waals surface area contributed by atoms with Crippen molar-refractivity contribution in [2.45, 2.75) is 34.6 Å². The van der Waals surface area contributed by atoms with Crippen LogP contribution in [-0.2, 0) is 0 Å². The van der Waals surface area contributed by atoms with E-state index in [0.29, 0.717) is 5.92 Å². The summed E-state index contributed by atoms with van der Waals surface area (Å²) in [6, 6.07) is 0. The lowest BCUT2D eigenvalue weighted by atomic mass is 9.81. The third-order valence-corrected chi connectivity index (χ3v) is 2.76. The molecule has 1 heteroatoms. The Labute approximate surface area is 81.3 Å². The molecular formula is C12H19N. The number of rotatable bonds is 1. The standard InChI is InChI=1S/C12H19N/c1-9(2)11-6-7-13-8-12(4,5)10(11)3/h6-9H,1-5H3. The summed E-state index contributed by atoms with van der Waals surface area (Å²) < 4.78 is 0. The molecule has 0 radical (unpaired) electrons. The summed E-state index contributed by atoms with van der Waals surface area (Å²) in [6.07, 6.45) is 6.05. The van der Waals surface area contributed by atoms with Gasteiger partial charge >= 0.3 is 0 Å². The Morgan fingerprint density at radius 1 is 1.31 bits per heavy atom. The first-order valence-corrected chi connectivity index (χ1v) is 4.87. The number of hydrogen-bond acceptors (Lipinski definition) is 1. The fourth-order valence-corrected chi connectivity index (χ4v) is 1.57. The largest absolute Gasteiger partial charge is 0.268 e. The van der Waals surface area contributed by atoms with Crippen LogP contribution in [-0.4, -0.2) is 6.21 Å². The average molecular weight is 177 g/mol. The molecule has 0 atom stereocenters. The summed E-state index contributed by atoms with van der Waals surface area (Å²) in [5, 5.41) is 0. The zero-order valence-corrected chi connectivity index (χ0v) is 9.26. The molecule has 0 aromatic rings. The van der Waals surface area contributed by atoms with Gasteiger partial charge in [0.1, 0.15) is 0 Å². The smallest absolute Gasteiger partial charge is 0.0267 e. The first kappa shape index (κ1) is 10.2. The van der Waals surface area contributed by atoms with Crippen LogP contribution in [0.2, 0.25) is 0 Å². The fraction of sp³-hybridized carbons (Fsp3) is 0.583. The topological polar surface area (TPSA) is 12.4 Å². The minimum atomic E-state index is 0.100. The zero-order valence-electron chi connectivity index (χ0n) is 9.26. The second-order valence-corrected chi connectivity index (χ2v) is 4.55. The minimum Gasteiger partial charge on any atom is -0.268 e. The molecule has 72 valence electrons. The molecule has 0 bridgehead atoms. The lowest BCUT2D eigenvalue weighted by Crippen LogP contribution is -2.16. The predicted octanol–water partition coefficient (Wildman–Crippen LogP) is 3.58. The molecule has 13 heavy (non-hydrogen) atoms. The van der Waals surface area contributed by atoms with E-state index in [1.54, 1.807) is 0 Å². The van der Waals surface area contributed by atoms with E-state index in [1.807, 2.05) is 12.4 Å². The second kappa shape index (κ2) is 3.49. The van der Waals surface area contributed by atoms with Crippen molar-refractivity contribution in [2.75, 3.05) is 0 Å². The monoisotopic (exact) mass is 177 g/mol. The quantitative estimate of drug-likeness (QED) is 0.580. The van der Waals surface area contributed by atoms with Crippen molar-refractivity contribution < 1.29 is 0 Å². The van der Waals surface area contributed by atoms with Crippen LogP contribution < -0.4 is 0 Å². The lowest BCUT2D eigenvalue weighted by molar-refractivity contribution is 0.619. The van der Waals surface area contributed by atoms with E-state index >= 15 is 0 Å². The normalized spacial score (nSPS) is 21.1. The molecule has 0 spiro atoms. The first-order valence-electron chi connectivity index (χ1n) is 4.87. The van der Waals surface area contributed by atoms with Crippen LogP contribution in [0.5, 0.6) is 0 Å². The molecule has 1 heterocycles.